The van der Waals surface area contributed by atoms with Crippen LogP contribution in [0.2, 0.25) is 0 Å². The van der Waals surface area contributed by atoms with E-state index in [1.54, 1.807) is 51.3 Å². The van der Waals surface area contributed by atoms with Gasteiger partial charge < -0.3 is 122 Å². The van der Waals surface area contributed by atoms with Crippen molar-refractivity contribution in [2.75, 3.05) is 78.5 Å². The van der Waals surface area contributed by atoms with Crippen molar-refractivity contribution in [3.8, 4) is 0 Å². The summed E-state index contributed by atoms with van der Waals surface area (Å²) in [7, 11) is 0. The number of likely N-dealkylation sites (tertiary alicyclic amines) is 5. The Hall–Kier alpha value is -7.74. The minimum Gasteiger partial charge on any atom is -0.481 e. The fourth-order valence-corrected chi connectivity index (χ4v) is 12.3. The number of aliphatic hydroxyl groups is 4. The molecule has 40 heteroatoms. The first-order valence-corrected chi connectivity index (χ1v) is 35.8. The molecule has 19 N–H and O–H groups in total. The van der Waals surface area contributed by atoms with E-state index in [-0.39, 0.29) is 144 Å². The SMILES string of the molecule is C.C.C.CC(C)(C)OC(=O)N1CC[C@H](C(=O)O)C1.C[C@@H](O)[C@H](NC(=O)C1CCN(C(=O)[C@@H]2CCCN2)C1)C(N)=O.C[C@@H](O)[C@H](NC(=O)[C@H]1CCN(C(=O)OC(C)(C)C)C1)C(N)=O.C[C@@H](O)[C@H](NC(=O)[C@H]1CCN(C(=O)[C@@H]2CCCN2C(=O)OCc2ccccc2)C1)C(N)=O.C[C@@H](O)[C@H](NC(=O)[C@H]1CCNC1)C(N)=O.Cl.S.[CH3-].[Pd]. The van der Waals surface area contributed by atoms with E-state index in [1.165, 1.54) is 42.4 Å². The third-order valence-corrected chi connectivity index (χ3v) is 18.3. The number of nitrogens with zero attached hydrogens (tertiary/aromatic N) is 5. The molecule has 7 fully saturated rings. The van der Waals surface area contributed by atoms with Gasteiger partial charge in [-0.25, -0.2) is 14.4 Å². The van der Waals surface area contributed by atoms with Gasteiger partial charge in [0.05, 0.1) is 60.0 Å². The van der Waals surface area contributed by atoms with Crippen LogP contribution < -0.4 is 54.8 Å². The first-order valence-electron chi connectivity index (χ1n) is 35.8. The first-order chi connectivity index (χ1) is 49.5. The average molecular weight is 1740 g/mol. The molecule has 0 aliphatic carbocycles. The number of carboxylic acids is 1. The maximum absolute atomic E-state index is 13.1. The van der Waals surface area contributed by atoms with Crippen molar-refractivity contribution < 1.29 is 127 Å². The molecule has 1 aromatic carbocycles. The standard InChI is InChI=1S/C22H30N4O6.C14H24N4O4.C14H25N3O5.C10H17NO4.C9H17N3O3.3CH4.CH3.ClH.Pd.H2S/c1-14(27)18(19(23)28)24-20(29)16-9-11-25(12-16)21(30)17-8-5-10-26(17)22(31)32-13-15-6-3-2-4-7-15;1-8(19)11(12(15)20)17-13(21)9-4-6-18(7-9)14(22)10-3-2-5-16-10;1-8(18)10(11(15)19)16-12(20)9-5-6-17(7-9)13(21)22-14(2,3)4;1-10(2,3)15-9(14)11-5-4-7(6-11)8(12)13;1-5(13)7(8(10)14)12-9(15)6-2-3-11-4-6;;;;;;;/h2-4,6-7,14,16-18,27H,5,8-13H2,1H3,(H2,23,28)(H,24,29);8-11,16,19H,2-7H2,1H3,(H2,15,20)(H,17,21);8-10,18H,5-7H2,1-4H3,(H2,15,19)(H,16,20);7H,4-6H2,1-3H3,(H,12,13);5-7,11,13H,2-4H2,1H3,(H2,10,14)(H,12,15);3*1H4;1H3;1H;;1H2/q;;;;;;;;-1;;;/t14-,16+,17+,18+;8-,9?,10+,11+;8-,9+,10+;7-;5-,6+,7+;;;;;;;/m11101......./s1. The van der Waals surface area contributed by atoms with E-state index >= 15 is 0 Å². The number of halogens is 1. The van der Waals surface area contributed by atoms with Crippen LogP contribution in [0.15, 0.2) is 30.3 Å². The molecule has 1 unspecified atom stereocenters. The van der Waals surface area contributed by atoms with Crippen LogP contribution in [0, 0.1) is 37.0 Å². The second kappa shape index (κ2) is 52.7. The number of rotatable bonds is 21. The Morgan fingerprint density at radius 1 is 0.487 bits per heavy atom. The van der Waals surface area contributed by atoms with Gasteiger partial charge in [-0.15, -0.1) is 12.4 Å². The van der Waals surface area contributed by atoms with Crippen LogP contribution in [0.25, 0.3) is 0 Å². The fourth-order valence-electron chi connectivity index (χ4n) is 12.3. The molecule has 0 radical (unpaired) electrons. The number of ether oxygens (including phenoxy) is 3. The largest absolute Gasteiger partial charge is 0.481 e. The molecule has 0 bridgehead atoms. The summed E-state index contributed by atoms with van der Waals surface area (Å²) in [5, 5.41) is 62.6. The first kappa shape index (κ1) is 112. The number of aliphatic carboxylic acids is 1. The molecule has 13 amide bonds. The molecule has 7 saturated heterocycles. The number of carbonyl (C=O) groups excluding carboxylic acids is 13. The second-order valence-corrected chi connectivity index (χ2v) is 29.4. The zero-order valence-electron chi connectivity index (χ0n) is 64.5. The summed E-state index contributed by atoms with van der Waals surface area (Å²) < 4.78 is 15.8. The number of benzene rings is 1. The van der Waals surface area contributed by atoms with Gasteiger partial charge in [0.25, 0.3) is 0 Å². The second-order valence-electron chi connectivity index (χ2n) is 29.4. The number of primary amides is 4. The monoisotopic (exact) mass is 1740 g/mol. The van der Waals surface area contributed by atoms with Gasteiger partial charge >= 0.3 is 24.2 Å². The van der Waals surface area contributed by atoms with E-state index < -0.39 is 143 Å². The van der Waals surface area contributed by atoms with Crippen molar-refractivity contribution in [3.05, 3.63) is 43.3 Å². The number of nitrogens with one attached hydrogen (secondary N) is 6. The van der Waals surface area contributed by atoms with Gasteiger partial charge in [-0.1, -0.05) is 52.6 Å². The number of hydrogen-bond acceptors (Lipinski definition) is 23. The van der Waals surface area contributed by atoms with Crippen molar-refractivity contribution >= 4 is 109 Å². The summed E-state index contributed by atoms with van der Waals surface area (Å²) >= 11 is 0. The maximum Gasteiger partial charge on any atom is 0.410 e. The number of nitrogens with two attached hydrogens (primary N) is 4. The van der Waals surface area contributed by atoms with E-state index in [1.807, 2.05) is 30.3 Å². The molecule has 7 aliphatic rings. The van der Waals surface area contributed by atoms with Gasteiger partial charge in [-0.3, -0.25) is 57.6 Å². The summed E-state index contributed by atoms with van der Waals surface area (Å²) in [6, 6.07) is 4.13. The topological polar surface area (TPSA) is 560 Å². The zero-order valence-corrected chi connectivity index (χ0v) is 67.9. The van der Waals surface area contributed by atoms with E-state index in [9.17, 15) is 87.5 Å². The van der Waals surface area contributed by atoms with Crippen LogP contribution in [-0.4, -0.2) is 284 Å². The van der Waals surface area contributed by atoms with E-state index in [0.717, 1.165) is 37.9 Å². The smallest absolute Gasteiger partial charge is 0.410 e. The number of aliphatic hydroxyl groups excluding tert-OH is 4. The number of amides is 13. The summed E-state index contributed by atoms with van der Waals surface area (Å²) in [4.78, 5) is 173. The molecule has 37 nitrogen and oxygen atoms in total. The molecule has 654 valence electrons. The third-order valence-electron chi connectivity index (χ3n) is 18.3. The van der Waals surface area contributed by atoms with E-state index in [4.69, 9.17) is 42.3 Å². The van der Waals surface area contributed by atoms with Crippen molar-refractivity contribution in [3.63, 3.8) is 0 Å². The molecule has 7 aliphatic heterocycles. The molecular weight excluding hydrogens is 1610 g/mol. The van der Waals surface area contributed by atoms with Crippen LogP contribution in [0.4, 0.5) is 14.4 Å². The summed E-state index contributed by atoms with van der Waals surface area (Å²) in [5.41, 5.74) is 20.3. The minimum atomic E-state index is -1.18. The van der Waals surface area contributed by atoms with Gasteiger partial charge in [-0.2, -0.15) is 13.5 Å². The Balaban J connectivity index is -0.000000665. The van der Waals surface area contributed by atoms with Crippen LogP contribution >= 0.6 is 25.9 Å². The zero-order chi connectivity index (χ0) is 79.7. The summed E-state index contributed by atoms with van der Waals surface area (Å²) in [6.45, 7) is 21.8. The molecule has 1 aromatic rings. The quantitative estimate of drug-likeness (QED) is 0.0426. The molecule has 0 aromatic heterocycles. The van der Waals surface area contributed by atoms with Crippen molar-refractivity contribution in [1.82, 2.24) is 56.4 Å². The average Bonchev–Trinajstić information content (AvgIpc) is 1.68. The Morgan fingerprint density at radius 3 is 1.17 bits per heavy atom. The van der Waals surface area contributed by atoms with E-state index in [2.05, 4.69) is 31.9 Å². The number of hydrogen-bond donors (Lipinski definition) is 15. The van der Waals surface area contributed by atoms with Crippen molar-refractivity contribution in [2.24, 2.45) is 52.5 Å². The van der Waals surface area contributed by atoms with Crippen LogP contribution in [-0.2, 0) is 94.0 Å². The van der Waals surface area contributed by atoms with Crippen LogP contribution in [0.5, 0.6) is 0 Å². The van der Waals surface area contributed by atoms with Gasteiger partial charge in [0, 0.05) is 85.9 Å². The normalized spacial score (nSPS) is 21.9. The Morgan fingerprint density at radius 2 is 0.841 bits per heavy atom. The van der Waals surface area contributed by atoms with E-state index in [0.29, 0.717) is 84.3 Å². The molecular formula is C73H131ClN15O22PdS-. The predicted octanol–water partition coefficient (Wildman–Crippen LogP) is -0.315. The Labute approximate surface area is 691 Å². The summed E-state index contributed by atoms with van der Waals surface area (Å²) in [6.07, 6.45) is 0.114. The molecule has 8 rings (SSSR count). The van der Waals surface area contributed by atoms with Crippen molar-refractivity contribution in [1.29, 1.82) is 0 Å². The Kier molecular flexibility index (Phi) is 52.0. The maximum atomic E-state index is 13.1. The van der Waals surface area contributed by atoms with Crippen LogP contribution in [0.1, 0.15) is 155 Å². The molecule has 113 heavy (non-hydrogen) atoms. The Bertz CT molecular complexity index is 3200. The van der Waals surface area contributed by atoms with Crippen molar-refractivity contribution in [2.45, 2.75) is 228 Å². The van der Waals surface area contributed by atoms with Crippen LogP contribution in [0.3, 0.4) is 0 Å². The minimum absolute atomic E-state index is 0. The number of carboxylic acid groups (broad SMARTS) is 1. The van der Waals surface area contributed by atoms with Gasteiger partial charge in [0.2, 0.25) is 59.1 Å². The van der Waals surface area contributed by atoms with Gasteiger partial charge in [0.1, 0.15) is 48.0 Å². The van der Waals surface area contributed by atoms with Gasteiger partial charge in [-0.05, 0) is 146 Å². The molecule has 0 saturated carbocycles. The molecule has 0 spiro atoms. The fraction of sp³-hybridized carbons (Fsp3) is 0.712. The summed E-state index contributed by atoms with van der Waals surface area (Å²) in [5.74, 6) is -7.47. The number of carbonyl (C=O) groups is 14. The third kappa shape index (κ3) is 37.2. The molecule has 15 atom stereocenters. The van der Waals surface area contributed by atoms with Gasteiger partial charge in [0.15, 0.2) is 0 Å². The molecule has 7 heterocycles. The predicted molar refractivity (Wildman–Crippen MR) is 423 cm³/mol.